The van der Waals surface area contributed by atoms with Crippen molar-refractivity contribution in [2.45, 2.75) is 26.2 Å². The monoisotopic (exact) mass is 362 g/mol. The van der Waals surface area contributed by atoms with E-state index in [-0.39, 0.29) is 37.3 Å². The zero-order valence-corrected chi connectivity index (χ0v) is 15.1. The van der Waals surface area contributed by atoms with Gasteiger partial charge in [0.05, 0.1) is 18.9 Å². The third-order valence-electron chi connectivity index (χ3n) is 4.47. The highest BCUT2D eigenvalue weighted by molar-refractivity contribution is 5.84. The smallest absolute Gasteiger partial charge is 0.323 e. The van der Waals surface area contributed by atoms with E-state index in [1.807, 2.05) is 30.3 Å². The summed E-state index contributed by atoms with van der Waals surface area (Å²) >= 11 is 0. The predicted octanol–water partition coefficient (Wildman–Crippen LogP) is 1.63. The number of aliphatic carboxylic acids is 1. The van der Waals surface area contributed by atoms with Crippen LogP contribution in [0.15, 0.2) is 30.3 Å². The molecule has 1 N–H and O–H groups in total. The Morgan fingerprint density at radius 1 is 1.27 bits per heavy atom. The lowest BCUT2D eigenvalue weighted by Gasteiger charge is -2.34. The molecule has 1 aliphatic heterocycles. The van der Waals surface area contributed by atoms with Crippen LogP contribution in [-0.4, -0.2) is 65.5 Å². The van der Waals surface area contributed by atoms with Gasteiger partial charge in [0.2, 0.25) is 11.8 Å². The third-order valence-corrected chi connectivity index (χ3v) is 4.47. The molecule has 1 aromatic rings. The van der Waals surface area contributed by atoms with E-state index in [0.717, 1.165) is 12.2 Å². The molecule has 0 saturated carbocycles. The summed E-state index contributed by atoms with van der Waals surface area (Å²) in [6, 6.07) is 9.31. The van der Waals surface area contributed by atoms with E-state index in [4.69, 9.17) is 9.84 Å². The Bertz CT molecular complexity index is 620. The van der Waals surface area contributed by atoms with Crippen molar-refractivity contribution in [2.24, 2.45) is 5.92 Å². The SMILES string of the molecule is CCN(CC(=O)O)C(=O)C1CCCN(C(=O)CCOc2ccccc2)C1. The molecule has 0 aliphatic carbocycles. The molecule has 2 rings (SSSR count). The molecule has 1 aliphatic rings. The van der Waals surface area contributed by atoms with E-state index >= 15 is 0 Å². The van der Waals surface area contributed by atoms with E-state index in [1.54, 1.807) is 11.8 Å². The van der Waals surface area contributed by atoms with Crippen LogP contribution in [-0.2, 0) is 14.4 Å². The summed E-state index contributed by atoms with van der Waals surface area (Å²) in [6.45, 7) is 3.06. The fraction of sp³-hybridized carbons (Fsp3) is 0.526. The van der Waals surface area contributed by atoms with Crippen LogP contribution in [0, 0.1) is 5.92 Å². The number of carbonyl (C=O) groups excluding carboxylic acids is 2. The molecule has 0 spiro atoms. The molecule has 1 fully saturated rings. The second-order valence-corrected chi connectivity index (χ2v) is 6.34. The quantitative estimate of drug-likeness (QED) is 0.759. The summed E-state index contributed by atoms with van der Waals surface area (Å²) < 4.78 is 5.55. The Balaban J connectivity index is 1.83. The number of amides is 2. The van der Waals surface area contributed by atoms with Gasteiger partial charge in [-0.15, -0.1) is 0 Å². The molecule has 1 aromatic carbocycles. The molecule has 1 atom stereocenters. The molecule has 0 bridgehead atoms. The Morgan fingerprint density at radius 3 is 2.65 bits per heavy atom. The van der Waals surface area contributed by atoms with Crippen LogP contribution in [0.25, 0.3) is 0 Å². The zero-order valence-electron chi connectivity index (χ0n) is 15.1. The lowest BCUT2D eigenvalue weighted by molar-refractivity contribution is -0.148. The maximum absolute atomic E-state index is 12.5. The largest absolute Gasteiger partial charge is 0.493 e. The second-order valence-electron chi connectivity index (χ2n) is 6.34. The van der Waals surface area contributed by atoms with E-state index in [9.17, 15) is 14.4 Å². The first kappa shape index (κ1) is 19.8. The van der Waals surface area contributed by atoms with Crippen LogP contribution in [0.4, 0.5) is 0 Å². The minimum atomic E-state index is -1.03. The van der Waals surface area contributed by atoms with E-state index in [1.165, 1.54) is 4.90 Å². The van der Waals surface area contributed by atoms with Crippen LogP contribution in [0.5, 0.6) is 5.75 Å². The van der Waals surface area contributed by atoms with Crippen LogP contribution in [0.2, 0.25) is 0 Å². The second kappa shape index (κ2) is 9.79. The molecule has 26 heavy (non-hydrogen) atoms. The van der Waals surface area contributed by atoms with Crippen LogP contribution < -0.4 is 4.74 Å². The zero-order chi connectivity index (χ0) is 18.9. The molecular formula is C19H26N2O5. The summed E-state index contributed by atoms with van der Waals surface area (Å²) in [5.74, 6) is -0.865. The number of benzene rings is 1. The highest BCUT2D eigenvalue weighted by atomic mass is 16.5. The molecule has 2 amide bonds. The van der Waals surface area contributed by atoms with Gasteiger partial charge in [0.25, 0.3) is 0 Å². The van der Waals surface area contributed by atoms with Crippen molar-refractivity contribution >= 4 is 17.8 Å². The first-order valence-corrected chi connectivity index (χ1v) is 8.97. The molecule has 0 radical (unpaired) electrons. The van der Waals surface area contributed by atoms with Crippen molar-refractivity contribution in [2.75, 3.05) is 32.8 Å². The molecule has 142 valence electrons. The summed E-state index contributed by atoms with van der Waals surface area (Å²) in [7, 11) is 0. The number of piperidine rings is 1. The topological polar surface area (TPSA) is 87.2 Å². The Kier molecular flexibility index (Phi) is 7.44. The number of para-hydroxylation sites is 1. The number of likely N-dealkylation sites (tertiary alicyclic amines) is 1. The number of rotatable bonds is 8. The number of carboxylic acid groups (broad SMARTS) is 1. The van der Waals surface area contributed by atoms with Gasteiger partial charge < -0.3 is 19.6 Å². The standard InChI is InChI=1S/C19H26N2O5/c1-2-20(14-18(23)24)19(25)15-7-6-11-21(13-15)17(22)10-12-26-16-8-4-3-5-9-16/h3-5,8-9,15H,2,6-7,10-14H2,1H3,(H,23,24). The molecule has 1 saturated heterocycles. The van der Waals surface area contributed by atoms with Crippen molar-refractivity contribution in [3.05, 3.63) is 30.3 Å². The normalized spacial score (nSPS) is 16.8. The number of ether oxygens (including phenoxy) is 1. The van der Waals surface area contributed by atoms with Crippen LogP contribution in [0.3, 0.4) is 0 Å². The summed E-state index contributed by atoms with van der Waals surface area (Å²) in [6.07, 6.45) is 1.67. The van der Waals surface area contributed by atoms with Crippen molar-refractivity contribution in [1.29, 1.82) is 0 Å². The van der Waals surface area contributed by atoms with Gasteiger partial charge in [-0.25, -0.2) is 0 Å². The van der Waals surface area contributed by atoms with Crippen molar-refractivity contribution < 1.29 is 24.2 Å². The van der Waals surface area contributed by atoms with Gasteiger partial charge in [0, 0.05) is 19.6 Å². The first-order chi connectivity index (χ1) is 12.5. The lowest BCUT2D eigenvalue weighted by atomic mass is 9.96. The van der Waals surface area contributed by atoms with Gasteiger partial charge in [-0.2, -0.15) is 0 Å². The number of hydrogen-bond donors (Lipinski definition) is 1. The van der Waals surface area contributed by atoms with Crippen molar-refractivity contribution in [1.82, 2.24) is 9.80 Å². The van der Waals surface area contributed by atoms with Crippen LogP contribution in [0.1, 0.15) is 26.2 Å². The van der Waals surface area contributed by atoms with Crippen LogP contribution >= 0.6 is 0 Å². The van der Waals surface area contributed by atoms with Gasteiger partial charge in [-0.3, -0.25) is 14.4 Å². The van der Waals surface area contributed by atoms with Crippen molar-refractivity contribution in [3.63, 3.8) is 0 Å². The Morgan fingerprint density at radius 2 is 2.00 bits per heavy atom. The maximum atomic E-state index is 12.5. The molecule has 1 unspecified atom stereocenters. The summed E-state index contributed by atoms with van der Waals surface area (Å²) in [5.41, 5.74) is 0. The molecule has 7 heteroatoms. The first-order valence-electron chi connectivity index (χ1n) is 8.97. The molecule has 0 aromatic heterocycles. The number of hydrogen-bond acceptors (Lipinski definition) is 4. The average molecular weight is 362 g/mol. The Labute approximate surface area is 153 Å². The number of nitrogens with zero attached hydrogens (tertiary/aromatic N) is 2. The number of carboxylic acids is 1. The fourth-order valence-electron chi connectivity index (χ4n) is 3.10. The fourth-order valence-corrected chi connectivity index (χ4v) is 3.10. The molecule has 7 nitrogen and oxygen atoms in total. The summed E-state index contributed by atoms with van der Waals surface area (Å²) in [5, 5.41) is 8.92. The van der Waals surface area contributed by atoms with Gasteiger partial charge in [-0.1, -0.05) is 18.2 Å². The van der Waals surface area contributed by atoms with E-state index < -0.39 is 5.97 Å². The van der Waals surface area contributed by atoms with Crippen molar-refractivity contribution in [3.8, 4) is 5.75 Å². The molecular weight excluding hydrogens is 336 g/mol. The minimum Gasteiger partial charge on any atom is -0.493 e. The van der Waals surface area contributed by atoms with Gasteiger partial charge in [0.15, 0.2) is 0 Å². The highest BCUT2D eigenvalue weighted by Gasteiger charge is 2.31. The third kappa shape index (κ3) is 5.75. The minimum absolute atomic E-state index is 0.0419. The Hall–Kier alpha value is -2.57. The van der Waals surface area contributed by atoms with E-state index in [0.29, 0.717) is 26.1 Å². The molecule has 1 heterocycles. The number of carbonyl (C=O) groups is 3. The average Bonchev–Trinajstić information content (AvgIpc) is 2.66. The predicted molar refractivity (Wildman–Crippen MR) is 95.7 cm³/mol. The lowest BCUT2D eigenvalue weighted by Crippen LogP contribution is -2.48. The van der Waals surface area contributed by atoms with Gasteiger partial charge >= 0.3 is 5.97 Å². The highest BCUT2D eigenvalue weighted by Crippen LogP contribution is 2.20. The summed E-state index contributed by atoms with van der Waals surface area (Å²) in [4.78, 5) is 38.8. The van der Waals surface area contributed by atoms with Gasteiger partial charge in [-0.05, 0) is 31.9 Å². The number of likely N-dealkylation sites (N-methyl/N-ethyl adjacent to an activating group) is 1. The maximum Gasteiger partial charge on any atom is 0.323 e. The van der Waals surface area contributed by atoms with Gasteiger partial charge in [0.1, 0.15) is 12.3 Å². The van der Waals surface area contributed by atoms with E-state index in [2.05, 4.69) is 0 Å².